The summed E-state index contributed by atoms with van der Waals surface area (Å²) in [6.07, 6.45) is 79.8. The van der Waals surface area contributed by atoms with Crippen LogP contribution in [0.5, 0.6) is 0 Å². The van der Waals surface area contributed by atoms with Crippen LogP contribution in [0.3, 0.4) is 0 Å². The molecule has 0 aromatic rings. The first-order chi connectivity index (χ1) is 35.5. The van der Waals surface area contributed by atoms with Gasteiger partial charge in [-0.05, 0) is 96.3 Å². The van der Waals surface area contributed by atoms with E-state index in [2.05, 4.69) is 67.8 Å². The van der Waals surface area contributed by atoms with E-state index in [1.54, 1.807) is 6.08 Å². The fourth-order valence-electron chi connectivity index (χ4n) is 9.40. The lowest BCUT2D eigenvalue weighted by Gasteiger charge is -2.20. The summed E-state index contributed by atoms with van der Waals surface area (Å²) >= 11 is 0. The molecule has 0 saturated heterocycles. The number of carbonyl (C=O) groups excluding carboxylic acids is 2. The van der Waals surface area contributed by atoms with Crippen molar-refractivity contribution in [3.05, 3.63) is 60.8 Å². The summed E-state index contributed by atoms with van der Waals surface area (Å²) in [5, 5.41) is 23.1. The largest absolute Gasteiger partial charge is 0.466 e. The van der Waals surface area contributed by atoms with Gasteiger partial charge in [0.05, 0.1) is 25.4 Å². The Labute approximate surface area is 448 Å². The number of amides is 1. The summed E-state index contributed by atoms with van der Waals surface area (Å²) in [5.74, 6) is -0.0746. The van der Waals surface area contributed by atoms with Gasteiger partial charge in [-0.1, -0.05) is 274 Å². The third-order valence-corrected chi connectivity index (χ3v) is 14.3. The second kappa shape index (κ2) is 61.1. The predicted octanol–water partition coefficient (Wildman–Crippen LogP) is 19.9. The van der Waals surface area contributed by atoms with Crippen LogP contribution in [0.2, 0.25) is 0 Å². The van der Waals surface area contributed by atoms with Gasteiger partial charge in [-0.25, -0.2) is 0 Å². The molecule has 0 fully saturated rings. The van der Waals surface area contributed by atoms with E-state index in [1.807, 2.05) is 6.08 Å². The molecule has 0 aromatic heterocycles. The Bertz CT molecular complexity index is 1250. The Hall–Kier alpha value is -2.44. The van der Waals surface area contributed by atoms with E-state index in [-0.39, 0.29) is 18.5 Å². The monoisotopic (exact) mass is 1010 g/mol. The molecule has 0 radical (unpaired) electrons. The molecule has 0 aliphatic heterocycles. The summed E-state index contributed by atoms with van der Waals surface area (Å²) in [5.41, 5.74) is 0. The lowest BCUT2D eigenvalue weighted by atomic mass is 10.0. The highest BCUT2D eigenvalue weighted by molar-refractivity contribution is 5.76. The van der Waals surface area contributed by atoms with E-state index in [0.29, 0.717) is 19.4 Å². The van der Waals surface area contributed by atoms with E-state index < -0.39 is 12.1 Å². The zero-order valence-corrected chi connectivity index (χ0v) is 47.9. The minimum absolute atomic E-state index is 0.000211. The van der Waals surface area contributed by atoms with Crippen molar-refractivity contribution in [2.45, 2.75) is 334 Å². The fraction of sp³-hybridized carbons (Fsp3) is 0.818. The molecule has 3 N–H and O–H groups in total. The van der Waals surface area contributed by atoms with Crippen molar-refractivity contribution < 1.29 is 24.5 Å². The molecule has 0 rings (SSSR count). The Balaban J connectivity index is 3.45. The summed E-state index contributed by atoms with van der Waals surface area (Å²) in [6.45, 7) is 4.87. The first-order valence-corrected chi connectivity index (χ1v) is 31.6. The maximum absolute atomic E-state index is 12.4. The molecule has 0 saturated carbocycles. The molecule has 420 valence electrons. The normalized spacial score (nSPS) is 13.0. The number of hydrogen-bond acceptors (Lipinski definition) is 5. The van der Waals surface area contributed by atoms with Gasteiger partial charge in [0.15, 0.2) is 0 Å². The van der Waals surface area contributed by atoms with Crippen molar-refractivity contribution in [2.24, 2.45) is 0 Å². The molecule has 0 spiro atoms. The van der Waals surface area contributed by atoms with Crippen LogP contribution >= 0.6 is 0 Å². The van der Waals surface area contributed by atoms with Crippen molar-refractivity contribution >= 4 is 11.9 Å². The number of carbonyl (C=O) groups is 2. The highest BCUT2D eigenvalue weighted by atomic mass is 16.5. The summed E-state index contributed by atoms with van der Waals surface area (Å²) in [7, 11) is 0. The molecule has 0 aliphatic carbocycles. The van der Waals surface area contributed by atoms with Crippen molar-refractivity contribution in [1.82, 2.24) is 5.32 Å². The average Bonchev–Trinajstić information content (AvgIpc) is 3.38. The van der Waals surface area contributed by atoms with Crippen LogP contribution in [0, 0.1) is 0 Å². The van der Waals surface area contributed by atoms with E-state index in [9.17, 15) is 19.8 Å². The van der Waals surface area contributed by atoms with Crippen LogP contribution in [0.25, 0.3) is 0 Å². The summed E-state index contributed by atoms with van der Waals surface area (Å²) in [6, 6.07) is -0.633. The number of esters is 1. The minimum atomic E-state index is -0.849. The summed E-state index contributed by atoms with van der Waals surface area (Å²) in [4.78, 5) is 24.5. The predicted molar refractivity (Wildman–Crippen MR) is 315 cm³/mol. The first-order valence-electron chi connectivity index (χ1n) is 31.6. The van der Waals surface area contributed by atoms with Crippen molar-refractivity contribution in [2.75, 3.05) is 13.2 Å². The summed E-state index contributed by atoms with van der Waals surface area (Å²) < 4.78 is 5.48. The highest BCUT2D eigenvalue weighted by Crippen LogP contribution is 2.16. The zero-order valence-electron chi connectivity index (χ0n) is 47.9. The third-order valence-electron chi connectivity index (χ3n) is 14.3. The lowest BCUT2D eigenvalue weighted by molar-refractivity contribution is -0.143. The number of rotatable bonds is 58. The molecule has 1 amide bonds. The van der Waals surface area contributed by atoms with Gasteiger partial charge < -0.3 is 20.3 Å². The Morgan fingerprint density at radius 2 is 0.694 bits per heavy atom. The van der Waals surface area contributed by atoms with Gasteiger partial charge in [0.1, 0.15) is 0 Å². The molecule has 6 nitrogen and oxygen atoms in total. The number of aliphatic hydroxyl groups is 2. The number of hydrogen-bond donors (Lipinski definition) is 3. The molecular weight excluding hydrogens is 887 g/mol. The molecule has 0 heterocycles. The lowest BCUT2D eigenvalue weighted by Crippen LogP contribution is -2.45. The Kier molecular flexibility index (Phi) is 59.0. The fourth-order valence-corrected chi connectivity index (χ4v) is 9.40. The number of ether oxygens (including phenoxy) is 1. The van der Waals surface area contributed by atoms with Crippen LogP contribution in [0.1, 0.15) is 322 Å². The molecule has 72 heavy (non-hydrogen) atoms. The quantitative estimate of drug-likeness (QED) is 0.0320. The van der Waals surface area contributed by atoms with Gasteiger partial charge in [0, 0.05) is 12.8 Å². The van der Waals surface area contributed by atoms with E-state index in [0.717, 1.165) is 57.8 Å². The van der Waals surface area contributed by atoms with Crippen LogP contribution in [0.4, 0.5) is 0 Å². The standard InChI is InChI=1S/C66H121NO5/c1-3-5-7-9-11-13-15-17-18-28-32-36-40-44-48-52-56-60-66(71)72-61-57-53-49-45-41-37-33-30-27-25-23-21-19-20-22-24-26-29-31-35-39-43-47-51-55-59-65(70)67-63(62-68)64(69)58-54-50-46-42-38-34-16-14-12-10-8-6-4-2/h11,13,17-18,20-23,54,58,63-64,68-69H,3-10,12,14-16,19,24-53,55-57,59-62H2,1-2H3,(H,67,70)/b13-11-,18-17-,22-20-,23-21-,58-54+. The van der Waals surface area contributed by atoms with Gasteiger partial charge in [-0.15, -0.1) is 0 Å². The van der Waals surface area contributed by atoms with Crippen molar-refractivity contribution in [3.8, 4) is 0 Å². The maximum Gasteiger partial charge on any atom is 0.305 e. The number of unbranched alkanes of at least 4 members (excludes halogenated alkanes) is 39. The Morgan fingerprint density at radius 3 is 1.08 bits per heavy atom. The molecule has 0 aromatic carbocycles. The van der Waals surface area contributed by atoms with Crippen LogP contribution in [-0.2, 0) is 14.3 Å². The number of aliphatic hydroxyl groups excluding tert-OH is 2. The van der Waals surface area contributed by atoms with Crippen molar-refractivity contribution in [3.63, 3.8) is 0 Å². The molecular formula is C66H121NO5. The van der Waals surface area contributed by atoms with Gasteiger partial charge in [0.25, 0.3) is 0 Å². The second-order valence-electron chi connectivity index (χ2n) is 21.4. The molecule has 0 bridgehead atoms. The minimum Gasteiger partial charge on any atom is -0.466 e. The van der Waals surface area contributed by atoms with Crippen molar-refractivity contribution in [1.29, 1.82) is 0 Å². The highest BCUT2D eigenvalue weighted by Gasteiger charge is 2.18. The molecule has 2 unspecified atom stereocenters. The smallest absolute Gasteiger partial charge is 0.305 e. The van der Waals surface area contributed by atoms with Crippen LogP contribution < -0.4 is 5.32 Å². The van der Waals surface area contributed by atoms with Gasteiger partial charge in [-0.3, -0.25) is 9.59 Å². The third kappa shape index (κ3) is 56.8. The van der Waals surface area contributed by atoms with E-state index >= 15 is 0 Å². The van der Waals surface area contributed by atoms with Gasteiger partial charge >= 0.3 is 5.97 Å². The number of allylic oxidation sites excluding steroid dienone is 9. The Morgan fingerprint density at radius 1 is 0.389 bits per heavy atom. The van der Waals surface area contributed by atoms with E-state index in [4.69, 9.17) is 4.74 Å². The second-order valence-corrected chi connectivity index (χ2v) is 21.4. The topological polar surface area (TPSA) is 95.9 Å². The molecule has 6 heteroatoms. The molecule has 2 atom stereocenters. The van der Waals surface area contributed by atoms with Gasteiger partial charge in [0.2, 0.25) is 5.91 Å². The zero-order chi connectivity index (χ0) is 52.2. The molecule has 0 aliphatic rings. The maximum atomic E-state index is 12.4. The van der Waals surface area contributed by atoms with Gasteiger partial charge in [-0.2, -0.15) is 0 Å². The average molecular weight is 1010 g/mol. The van der Waals surface area contributed by atoms with Crippen LogP contribution in [-0.4, -0.2) is 47.4 Å². The SMILES string of the molecule is CCCCC/C=C\C/C=C\CCCCCCCCCC(=O)OCCCCCCCCCCC/C=C\C/C=C\CCCCCCCCCCCC(=O)NC(CO)C(O)/C=C/CCCCCCCCCCCCC. The van der Waals surface area contributed by atoms with E-state index in [1.165, 1.54) is 238 Å². The van der Waals surface area contributed by atoms with Crippen LogP contribution in [0.15, 0.2) is 60.8 Å². The number of nitrogens with one attached hydrogen (secondary N) is 1. The first kappa shape index (κ1) is 69.6.